The van der Waals surface area contributed by atoms with Crippen molar-refractivity contribution in [3.05, 3.63) is 122 Å². The minimum Gasteiger partial charge on any atom is -0.495 e. The Labute approximate surface area is 404 Å². The van der Waals surface area contributed by atoms with Crippen LogP contribution in [0.3, 0.4) is 0 Å². The van der Waals surface area contributed by atoms with Gasteiger partial charge in [-0.05, 0) is 83.5 Å². The minimum absolute atomic E-state index is 0.0362. The lowest BCUT2D eigenvalue weighted by Crippen LogP contribution is -2.52. The summed E-state index contributed by atoms with van der Waals surface area (Å²) in [6, 6.07) is 18.9. The minimum atomic E-state index is -0.917. The molecule has 9 rings (SSSR count). The third-order valence-electron chi connectivity index (χ3n) is 13.9. The lowest BCUT2D eigenvalue weighted by atomic mass is 9.63. The average molecular weight is 964 g/mol. The zero-order valence-electron chi connectivity index (χ0n) is 38.3. The van der Waals surface area contributed by atoms with E-state index in [-0.39, 0.29) is 65.3 Å². The maximum absolute atomic E-state index is 16.3. The number of methoxy groups -OCH3 is 1. The van der Waals surface area contributed by atoms with Crippen molar-refractivity contribution in [2.75, 3.05) is 50.6 Å². The number of nitrogens with zero attached hydrogens (tertiary/aromatic N) is 2. The molecule has 13 nitrogen and oxygen atoms in total. The second-order valence-corrected chi connectivity index (χ2v) is 20.3. The summed E-state index contributed by atoms with van der Waals surface area (Å²) in [6.45, 7) is 8.51. The van der Waals surface area contributed by atoms with E-state index in [0.29, 0.717) is 78.7 Å². The van der Waals surface area contributed by atoms with Crippen LogP contribution in [-0.4, -0.2) is 97.4 Å². The van der Waals surface area contributed by atoms with Gasteiger partial charge < -0.3 is 35.2 Å². The first kappa shape index (κ1) is 47.1. The molecule has 0 bridgehead atoms. The molecule has 5 aliphatic heterocycles. The van der Waals surface area contributed by atoms with Crippen molar-refractivity contribution < 1.29 is 37.8 Å². The molecule has 5 amide bonds. The number of carbonyl (C=O) groups is 5. The molecule has 3 fully saturated rings. The second-order valence-electron chi connectivity index (χ2n) is 19.5. The molecule has 4 aromatic carbocycles. The summed E-state index contributed by atoms with van der Waals surface area (Å²) in [5, 5.41) is 13.1. The highest BCUT2D eigenvalue weighted by Crippen LogP contribution is 2.57. The molecule has 0 radical (unpaired) electrons. The second kappa shape index (κ2) is 18.8. The molecule has 0 aliphatic carbocycles. The number of fused-ring (bicyclic) bond motifs is 3. The van der Waals surface area contributed by atoms with Gasteiger partial charge in [0.25, 0.3) is 11.8 Å². The fourth-order valence-corrected chi connectivity index (χ4v) is 11.1. The summed E-state index contributed by atoms with van der Waals surface area (Å²) in [5.41, 5.74) is 3.75. The number of imide groups is 1. The van der Waals surface area contributed by atoms with Gasteiger partial charge in [-0.25, -0.2) is 4.39 Å². The zero-order chi connectivity index (χ0) is 48.1. The summed E-state index contributed by atoms with van der Waals surface area (Å²) in [7, 11) is 1.47. The Kier molecular flexibility index (Phi) is 13.0. The van der Waals surface area contributed by atoms with Crippen molar-refractivity contribution in [3.63, 3.8) is 0 Å². The molecule has 354 valence electrons. The van der Waals surface area contributed by atoms with E-state index in [9.17, 15) is 24.0 Å². The monoisotopic (exact) mass is 962 g/mol. The molecule has 4 aromatic rings. The molecule has 1 spiro atoms. The third-order valence-corrected chi connectivity index (χ3v) is 14.4. The number of ether oxygens (including phenoxy) is 2. The van der Waals surface area contributed by atoms with Crippen LogP contribution in [0.25, 0.3) is 0 Å². The van der Waals surface area contributed by atoms with E-state index in [0.717, 1.165) is 16.8 Å². The quantitative estimate of drug-likeness (QED) is 0.105. The van der Waals surface area contributed by atoms with Crippen LogP contribution in [-0.2, 0) is 31.1 Å². The molecule has 5 heterocycles. The summed E-state index contributed by atoms with van der Waals surface area (Å²) >= 11 is 12.9. The van der Waals surface area contributed by atoms with Gasteiger partial charge in [-0.15, -0.1) is 0 Å². The van der Waals surface area contributed by atoms with E-state index in [1.54, 1.807) is 47.4 Å². The lowest BCUT2D eigenvalue weighted by Gasteiger charge is -2.39. The Hall–Kier alpha value is -5.98. The van der Waals surface area contributed by atoms with Crippen LogP contribution >= 0.6 is 23.2 Å². The molecule has 16 heteroatoms. The smallest absolute Gasteiger partial charge is 0.255 e. The van der Waals surface area contributed by atoms with Gasteiger partial charge in [-0.3, -0.25) is 29.3 Å². The SMILES string of the molecule is COc1cc(C(=O)N2CCOC[C@@H](CC#Cc3cccc4c3CN(C3CCC(=O)NC3=O)C4=O)C2)ccc1NC(=O)[C@@H]1N[C@@H](CC(C)(C)C)[C@@]2(CNc3cc(Cl)ccc32)[C@H]1c1cccc(Cl)c1F. The van der Waals surface area contributed by atoms with E-state index < -0.39 is 41.0 Å². The number of carbonyl (C=O) groups excluding carboxylic acids is 5. The molecular weight excluding hydrogens is 911 g/mol. The molecule has 3 saturated heterocycles. The number of piperidine rings is 1. The molecule has 4 N–H and O–H groups in total. The topological polar surface area (TPSA) is 158 Å². The Morgan fingerprint density at radius 2 is 1.85 bits per heavy atom. The first-order chi connectivity index (χ1) is 32.6. The Morgan fingerprint density at radius 3 is 2.63 bits per heavy atom. The molecule has 5 aliphatic rings. The van der Waals surface area contributed by atoms with Crippen molar-refractivity contribution in [3.8, 4) is 17.6 Å². The van der Waals surface area contributed by atoms with E-state index >= 15 is 4.39 Å². The van der Waals surface area contributed by atoms with Crippen LogP contribution in [0.5, 0.6) is 5.75 Å². The van der Waals surface area contributed by atoms with Crippen molar-refractivity contribution in [2.24, 2.45) is 11.3 Å². The summed E-state index contributed by atoms with van der Waals surface area (Å²) in [5.74, 6) is 3.62. The highest BCUT2D eigenvalue weighted by Gasteiger charge is 2.61. The normalized spacial score (nSPS) is 24.4. The van der Waals surface area contributed by atoms with Crippen LogP contribution in [0, 0.1) is 29.0 Å². The van der Waals surface area contributed by atoms with Gasteiger partial charge in [-0.1, -0.05) is 80.1 Å². The highest BCUT2D eigenvalue weighted by atomic mass is 35.5. The number of anilines is 2. The Bertz CT molecular complexity index is 2790. The molecule has 0 aromatic heterocycles. The predicted octanol–water partition coefficient (Wildman–Crippen LogP) is 7.29. The van der Waals surface area contributed by atoms with Gasteiger partial charge >= 0.3 is 0 Å². The van der Waals surface area contributed by atoms with Crippen LogP contribution in [0.4, 0.5) is 15.8 Å². The van der Waals surface area contributed by atoms with E-state index in [1.807, 2.05) is 24.3 Å². The van der Waals surface area contributed by atoms with Crippen molar-refractivity contribution in [2.45, 2.75) is 82.5 Å². The molecular formula is C52H53Cl2FN6O7. The van der Waals surface area contributed by atoms with E-state index in [1.165, 1.54) is 18.1 Å². The maximum atomic E-state index is 16.3. The average Bonchev–Trinajstić information content (AvgIpc) is 3.87. The van der Waals surface area contributed by atoms with Crippen LogP contribution in [0.1, 0.15) is 95.3 Å². The number of amides is 5. The number of halogens is 3. The first-order valence-corrected chi connectivity index (χ1v) is 23.7. The van der Waals surface area contributed by atoms with Gasteiger partial charge in [0.2, 0.25) is 17.7 Å². The zero-order valence-corrected chi connectivity index (χ0v) is 39.8. The van der Waals surface area contributed by atoms with E-state index in [4.69, 9.17) is 32.7 Å². The largest absolute Gasteiger partial charge is 0.495 e. The molecule has 1 unspecified atom stereocenters. The molecule has 68 heavy (non-hydrogen) atoms. The van der Waals surface area contributed by atoms with Crippen LogP contribution in [0.15, 0.2) is 72.8 Å². The van der Waals surface area contributed by atoms with Crippen molar-refractivity contribution in [1.29, 1.82) is 0 Å². The number of rotatable bonds is 8. The summed E-state index contributed by atoms with van der Waals surface area (Å²) < 4.78 is 28.1. The summed E-state index contributed by atoms with van der Waals surface area (Å²) in [6.07, 6.45) is 1.52. The van der Waals surface area contributed by atoms with Gasteiger partial charge in [0.15, 0.2) is 0 Å². The lowest BCUT2D eigenvalue weighted by molar-refractivity contribution is -0.137. The van der Waals surface area contributed by atoms with Gasteiger partial charge in [0, 0.05) is 89.7 Å². The van der Waals surface area contributed by atoms with Gasteiger partial charge in [0.1, 0.15) is 17.6 Å². The molecule has 6 atom stereocenters. The fraction of sp³-hybridized carbons (Fsp3) is 0.404. The number of nitrogens with one attached hydrogen (secondary N) is 4. The van der Waals surface area contributed by atoms with Crippen LogP contribution in [0.2, 0.25) is 10.0 Å². The number of hydrogen-bond acceptors (Lipinski definition) is 9. The summed E-state index contributed by atoms with van der Waals surface area (Å²) in [4.78, 5) is 69.9. The number of benzene rings is 4. The van der Waals surface area contributed by atoms with E-state index in [2.05, 4.69) is 53.9 Å². The van der Waals surface area contributed by atoms with Crippen LogP contribution < -0.4 is 26.0 Å². The predicted molar refractivity (Wildman–Crippen MR) is 256 cm³/mol. The van der Waals surface area contributed by atoms with Gasteiger partial charge in [0.05, 0.1) is 37.1 Å². The highest BCUT2D eigenvalue weighted by molar-refractivity contribution is 6.31. The Morgan fingerprint density at radius 1 is 1.04 bits per heavy atom. The first-order valence-electron chi connectivity index (χ1n) is 22.9. The van der Waals surface area contributed by atoms with Crippen molar-refractivity contribution >= 4 is 64.1 Å². The van der Waals surface area contributed by atoms with Gasteiger partial charge in [-0.2, -0.15) is 0 Å². The van der Waals surface area contributed by atoms with Crippen molar-refractivity contribution in [1.82, 2.24) is 20.4 Å². The Balaban J connectivity index is 0.922. The number of hydrogen-bond donors (Lipinski definition) is 4. The maximum Gasteiger partial charge on any atom is 0.255 e. The fourth-order valence-electron chi connectivity index (χ4n) is 10.8. The standard InChI is InChI=1S/C52H53Cl2FN6O7/c1-51(2,3)24-42-52(28-56-39-23-32(53)15-16-36(39)52)44(34-12-7-13-37(54)45(34)55)46(58-42)48(64)57-38-17-14-31(22-41(38)67-4)49(65)60-20-21-68-27-29(25-60)8-5-9-30-10-6-11-33-35(30)26-61(50(33)66)40-18-19-43(62)59-47(40)63/h6-7,10-17,22-23,29,40,42,44,46,56,58H,8,18-21,24-28H2,1-4H3,(H,57,64)(H,59,62,63)/t29-,40?,42-,44-,46+,52-/m0/s1. The third kappa shape index (κ3) is 8.93. The molecule has 0 saturated carbocycles.